The van der Waals surface area contributed by atoms with Crippen LogP contribution >= 0.6 is 0 Å². The van der Waals surface area contributed by atoms with Gasteiger partial charge >= 0.3 is 6.09 Å². The maximum Gasteiger partial charge on any atom is 0.412 e. The molecule has 5 aromatic carbocycles. The number of nitrogen functional groups attached to an aromatic ring is 1. The Morgan fingerprint density at radius 2 is 1.40 bits per heavy atom. The molecule has 0 aliphatic rings. The van der Waals surface area contributed by atoms with Crippen molar-refractivity contribution in [1.82, 2.24) is 0 Å². The predicted octanol–water partition coefficient (Wildman–Crippen LogP) is 7.06. The van der Waals surface area contributed by atoms with Gasteiger partial charge in [0.15, 0.2) is 12.2 Å². The van der Waals surface area contributed by atoms with Gasteiger partial charge in [-0.25, -0.2) is 4.79 Å². The number of para-hydroxylation sites is 3. The van der Waals surface area contributed by atoms with Crippen LogP contribution in [0.5, 0.6) is 11.5 Å². The average molecular weight is 560 g/mol. The molecule has 2 amide bonds. The molecule has 5 rings (SSSR count). The minimum atomic E-state index is -1.01. The molecule has 0 saturated carbocycles. The molecule has 0 aliphatic carbocycles. The summed E-state index contributed by atoms with van der Waals surface area (Å²) in [6.07, 6.45) is 0.158. The lowest BCUT2D eigenvalue weighted by atomic mass is 10.0. The molecule has 0 radical (unpaired) electrons. The third kappa shape index (κ3) is 7.05. The van der Waals surface area contributed by atoms with Crippen LogP contribution in [-0.2, 0) is 9.53 Å². The smallest absolute Gasteiger partial charge is 0.412 e. The summed E-state index contributed by atoms with van der Waals surface area (Å²) in [5, 5.41) is 17.3. The van der Waals surface area contributed by atoms with Crippen molar-refractivity contribution in [2.24, 2.45) is 0 Å². The first-order chi connectivity index (χ1) is 20.5. The Balaban J connectivity index is 1.45. The number of aromatic hydroxyl groups is 1. The van der Waals surface area contributed by atoms with E-state index in [1.54, 1.807) is 54.6 Å². The topological polar surface area (TPSA) is 123 Å². The summed E-state index contributed by atoms with van der Waals surface area (Å²) < 4.78 is 12.2. The highest BCUT2D eigenvalue weighted by molar-refractivity contribution is 6.01. The first kappa shape index (κ1) is 27.8. The fourth-order valence-electron chi connectivity index (χ4n) is 4.40. The van der Waals surface area contributed by atoms with E-state index in [2.05, 4.69) is 10.6 Å². The highest BCUT2D eigenvalue weighted by Crippen LogP contribution is 2.30. The Bertz CT molecular complexity index is 1700. The van der Waals surface area contributed by atoms with Gasteiger partial charge in [0.1, 0.15) is 11.5 Å². The van der Waals surface area contributed by atoms with Gasteiger partial charge in [-0.3, -0.25) is 10.1 Å². The maximum absolute atomic E-state index is 13.3. The summed E-state index contributed by atoms with van der Waals surface area (Å²) >= 11 is 0. The number of ether oxygens (including phenoxy) is 2. The van der Waals surface area contributed by atoms with Crippen LogP contribution in [0.2, 0.25) is 0 Å². The zero-order valence-corrected chi connectivity index (χ0v) is 22.5. The number of carbonyl (C=O) groups excluding carboxylic acids is 2. The maximum atomic E-state index is 13.3. The van der Waals surface area contributed by atoms with Crippen LogP contribution in [0.25, 0.3) is 10.8 Å². The fraction of sp³-hybridized carbons (Fsp3) is 0.0588. The first-order valence-corrected chi connectivity index (χ1v) is 13.3. The molecule has 0 aliphatic heterocycles. The van der Waals surface area contributed by atoms with E-state index in [0.29, 0.717) is 28.4 Å². The van der Waals surface area contributed by atoms with E-state index >= 15 is 0 Å². The molecule has 2 atom stereocenters. The second-order valence-corrected chi connectivity index (χ2v) is 9.40. The van der Waals surface area contributed by atoms with Gasteiger partial charge in [0, 0.05) is 11.5 Å². The molecule has 0 heterocycles. The largest absolute Gasteiger partial charge is 0.508 e. The monoisotopic (exact) mass is 559 g/mol. The Labute approximate surface area is 243 Å². The van der Waals surface area contributed by atoms with E-state index in [-0.39, 0.29) is 5.75 Å². The van der Waals surface area contributed by atoms with Crippen molar-refractivity contribution >= 4 is 39.8 Å². The molecule has 0 aromatic heterocycles. The lowest BCUT2D eigenvalue weighted by molar-refractivity contribution is -0.112. The van der Waals surface area contributed by atoms with Gasteiger partial charge in [-0.05, 0) is 59.5 Å². The van der Waals surface area contributed by atoms with E-state index in [1.165, 1.54) is 24.3 Å². The van der Waals surface area contributed by atoms with Gasteiger partial charge in [-0.15, -0.1) is 0 Å². The minimum Gasteiger partial charge on any atom is -0.508 e. The SMILES string of the molecule is Nc1ccccc1NC(=O)/C=C/[C@@H](Oc1ccccc1)[C@H](OC(=O)Nc1cccc2ccccc12)c1ccc(O)cc1. The number of phenols is 1. The number of benzene rings is 5. The zero-order valence-electron chi connectivity index (χ0n) is 22.5. The molecule has 0 spiro atoms. The minimum absolute atomic E-state index is 0.0496. The molecule has 0 bridgehead atoms. The number of nitrogens with two attached hydrogens (primary N) is 1. The number of amides is 2. The number of hydrogen-bond acceptors (Lipinski definition) is 6. The molecule has 0 saturated heterocycles. The number of anilines is 3. The van der Waals surface area contributed by atoms with E-state index in [1.807, 2.05) is 54.6 Å². The van der Waals surface area contributed by atoms with Crippen LogP contribution < -0.4 is 21.1 Å². The van der Waals surface area contributed by atoms with Crippen molar-refractivity contribution in [3.63, 3.8) is 0 Å². The van der Waals surface area contributed by atoms with Crippen molar-refractivity contribution in [1.29, 1.82) is 0 Å². The number of fused-ring (bicyclic) bond motifs is 1. The Hall–Kier alpha value is -5.76. The van der Waals surface area contributed by atoms with Gasteiger partial charge in [0.2, 0.25) is 5.91 Å². The highest BCUT2D eigenvalue weighted by atomic mass is 16.6. The molecule has 0 unspecified atom stereocenters. The Morgan fingerprint density at radius 3 is 2.19 bits per heavy atom. The van der Waals surface area contributed by atoms with E-state index in [4.69, 9.17) is 15.2 Å². The number of rotatable bonds is 9. The van der Waals surface area contributed by atoms with E-state index in [9.17, 15) is 14.7 Å². The van der Waals surface area contributed by atoms with Crippen molar-refractivity contribution in [3.8, 4) is 11.5 Å². The fourth-order valence-corrected chi connectivity index (χ4v) is 4.40. The van der Waals surface area contributed by atoms with Gasteiger partial charge < -0.3 is 25.6 Å². The van der Waals surface area contributed by atoms with Crippen LogP contribution in [0.15, 0.2) is 133 Å². The number of hydrogen-bond donors (Lipinski definition) is 4. The molecule has 5 aromatic rings. The summed E-state index contributed by atoms with van der Waals surface area (Å²) in [5.41, 5.74) is 7.98. The second kappa shape index (κ2) is 13.1. The molecule has 0 fully saturated rings. The van der Waals surface area contributed by atoms with Gasteiger partial charge in [-0.1, -0.05) is 78.9 Å². The van der Waals surface area contributed by atoms with Crippen LogP contribution in [0.1, 0.15) is 11.7 Å². The van der Waals surface area contributed by atoms with E-state index < -0.39 is 24.2 Å². The van der Waals surface area contributed by atoms with E-state index in [0.717, 1.165) is 10.8 Å². The van der Waals surface area contributed by atoms with Crippen molar-refractivity contribution in [2.45, 2.75) is 12.2 Å². The normalized spacial score (nSPS) is 12.4. The van der Waals surface area contributed by atoms with Crippen LogP contribution in [0.4, 0.5) is 21.9 Å². The Morgan fingerprint density at radius 1 is 0.738 bits per heavy atom. The third-order valence-electron chi connectivity index (χ3n) is 6.45. The van der Waals surface area contributed by atoms with Crippen molar-refractivity contribution < 1.29 is 24.2 Å². The number of carbonyl (C=O) groups is 2. The van der Waals surface area contributed by atoms with Crippen molar-refractivity contribution in [3.05, 3.63) is 139 Å². The molecule has 5 N–H and O–H groups in total. The molecular formula is C34H29N3O5. The van der Waals surface area contributed by atoms with Crippen LogP contribution in [-0.4, -0.2) is 23.2 Å². The standard InChI is InChI=1S/C34H29N3O5/c35-28-14-6-7-15-30(28)36-32(39)22-21-31(41-26-11-2-1-3-12-26)33(24-17-19-25(38)20-18-24)42-34(40)37-29-16-8-10-23-9-4-5-13-27(23)29/h1-22,31,33,38H,35H2,(H,36,39)(H,37,40)/b22-21+/t31-,33-/m1/s1. The summed E-state index contributed by atoms with van der Waals surface area (Å²) in [6, 6.07) is 35.4. The summed E-state index contributed by atoms with van der Waals surface area (Å²) in [4.78, 5) is 26.2. The van der Waals surface area contributed by atoms with Crippen molar-refractivity contribution in [2.75, 3.05) is 16.4 Å². The quantitative estimate of drug-likeness (QED) is 0.113. The van der Waals surface area contributed by atoms with Gasteiger partial charge in [0.25, 0.3) is 0 Å². The zero-order chi connectivity index (χ0) is 29.3. The summed E-state index contributed by atoms with van der Waals surface area (Å²) in [6.45, 7) is 0. The summed E-state index contributed by atoms with van der Waals surface area (Å²) in [7, 11) is 0. The highest BCUT2D eigenvalue weighted by Gasteiger charge is 2.28. The second-order valence-electron chi connectivity index (χ2n) is 9.40. The predicted molar refractivity (Wildman–Crippen MR) is 164 cm³/mol. The summed E-state index contributed by atoms with van der Waals surface area (Å²) in [5.74, 6) is 0.106. The molecular weight excluding hydrogens is 530 g/mol. The third-order valence-corrected chi connectivity index (χ3v) is 6.45. The lowest BCUT2D eigenvalue weighted by Crippen LogP contribution is -2.30. The molecule has 8 nitrogen and oxygen atoms in total. The lowest BCUT2D eigenvalue weighted by Gasteiger charge is -2.26. The van der Waals surface area contributed by atoms with Crippen LogP contribution in [0.3, 0.4) is 0 Å². The number of nitrogens with one attached hydrogen (secondary N) is 2. The van der Waals surface area contributed by atoms with Gasteiger partial charge in [-0.2, -0.15) is 0 Å². The Kier molecular flexibility index (Phi) is 8.64. The van der Waals surface area contributed by atoms with Gasteiger partial charge in [0.05, 0.1) is 17.1 Å². The van der Waals surface area contributed by atoms with Crippen LogP contribution in [0, 0.1) is 0 Å². The average Bonchev–Trinajstić information content (AvgIpc) is 3.00. The molecule has 8 heteroatoms. The molecule has 42 heavy (non-hydrogen) atoms. The first-order valence-electron chi connectivity index (χ1n) is 13.3. The molecule has 210 valence electrons. The number of phenolic OH excluding ortho intramolecular Hbond substituents is 1.